The summed E-state index contributed by atoms with van der Waals surface area (Å²) in [6.07, 6.45) is 5.97. The fraction of sp³-hybridized carbons (Fsp3) is 0.611. The maximum absolute atomic E-state index is 11.1. The van der Waals surface area contributed by atoms with Crippen molar-refractivity contribution in [2.24, 2.45) is 0 Å². The molecule has 0 aliphatic rings. The number of unbranched alkanes of at least 4 members (excludes halogenated alkanes) is 2. The first-order chi connectivity index (χ1) is 10.7. The van der Waals surface area contributed by atoms with Crippen molar-refractivity contribution in [2.45, 2.75) is 46.0 Å². The van der Waals surface area contributed by atoms with Crippen LogP contribution in [0.4, 0.5) is 0 Å². The summed E-state index contributed by atoms with van der Waals surface area (Å²) in [5.41, 5.74) is 0.478. The summed E-state index contributed by atoms with van der Waals surface area (Å²) in [6, 6.07) is 7.04. The molecule has 0 aliphatic heterocycles. The summed E-state index contributed by atoms with van der Waals surface area (Å²) >= 11 is 5.47. The van der Waals surface area contributed by atoms with Crippen molar-refractivity contribution in [1.82, 2.24) is 4.90 Å². The molecule has 0 amide bonds. The lowest BCUT2D eigenvalue weighted by Crippen LogP contribution is -2.28. The average Bonchev–Trinajstić information content (AvgIpc) is 2.53. The van der Waals surface area contributed by atoms with Gasteiger partial charge in [-0.05, 0) is 62.2 Å². The number of hydrogen-bond donors (Lipinski definition) is 0. The summed E-state index contributed by atoms with van der Waals surface area (Å²) in [5.74, 6) is 0.708. The summed E-state index contributed by atoms with van der Waals surface area (Å²) in [4.78, 5) is 13.6. The van der Waals surface area contributed by atoms with Crippen LogP contribution in [0.5, 0.6) is 5.75 Å². The molecule has 0 aliphatic carbocycles. The lowest BCUT2D eigenvalue weighted by molar-refractivity contribution is 0.108. The van der Waals surface area contributed by atoms with E-state index in [2.05, 4.69) is 18.7 Å². The minimum Gasteiger partial charge on any atom is -0.494 e. The van der Waals surface area contributed by atoms with Gasteiger partial charge in [0.2, 0.25) is 0 Å². The molecule has 0 fully saturated rings. The van der Waals surface area contributed by atoms with Crippen LogP contribution in [-0.2, 0) is 0 Å². The molecule has 0 radical (unpaired) electrons. The number of carbonyl (C=O) groups is 1. The Bertz CT molecular complexity index is 429. The Balaban J connectivity index is 2.32. The SMILES string of the molecule is CCCCN(CCCC)CCCOc1cccc(C(=O)Cl)c1. The minimum absolute atomic E-state index is 0.448. The first-order valence-electron chi connectivity index (χ1n) is 8.32. The topological polar surface area (TPSA) is 29.5 Å². The lowest BCUT2D eigenvalue weighted by atomic mass is 10.2. The van der Waals surface area contributed by atoms with E-state index < -0.39 is 5.24 Å². The normalized spacial score (nSPS) is 10.9. The molecule has 0 N–H and O–H groups in total. The van der Waals surface area contributed by atoms with E-state index in [0.717, 1.165) is 13.0 Å². The number of ether oxygens (including phenoxy) is 1. The first kappa shape index (κ1) is 19.0. The predicted octanol–water partition coefficient (Wildman–Crippen LogP) is 4.74. The van der Waals surface area contributed by atoms with Crippen molar-refractivity contribution in [3.05, 3.63) is 29.8 Å². The Morgan fingerprint density at radius 2 is 1.73 bits per heavy atom. The van der Waals surface area contributed by atoms with E-state index in [0.29, 0.717) is 17.9 Å². The average molecular weight is 326 g/mol. The van der Waals surface area contributed by atoms with Gasteiger partial charge in [-0.25, -0.2) is 0 Å². The van der Waals surface area contributed by atoms with Gasteiger partial charge < -0.3 is 9.64 Å². The summed E-state index contributed by atoms with van der Waals surface area (Å²) < 4.78 is 5.72. The summed E-state index contributed by atoms with van der Waals surface area (Å²) in [5, 5.41) is -0.448. The van der Waals surface area contributed by atoms with E-state index in [1.165, 1.54) is 38.8 Å². The second-order valence-electron chi connectivity index (χ2n) is 5.55. The maximum Gasteiger partial charge on any atom is 0.252 e. The number of benzene rings is 1. The van der Waals surface area contributed by atoms with Crippen LogP contribution in [0, 0.1) is 0 Å². The predicted molar refractivity (Wildman–Crippen MR) is 93.0 cm³/mol. The number of hydrogen-bond acceptors (Lipinski definition) is 3. The Morgan fingerprint density at radius 3 is 2.32 bits per heavy atom. The van der Waals surface area contributed by atoms with Crippen LogP contribution in [0.25, 0.3) is 0 Å². The van der Waals surface area contributed by atoms with Crippen molar-refractivity contribution in [1.29, 1.82) is 0 Å². The fourth-order valence-corrected chi connectivity index (χ4v) is 2.40. The van der Waals surface area contributed by atoms with Gasteiger partial charge >= 0.3 is 0 Å². The van der Waals surface area contributed by atoms with E-state index in [1.54, 1.807) is 18.2 Å². The third-order valence-corrected chi connectivity index (χ3v) is 3.82. The van der Waals surface area contributed by atoms with Gasteiger partial charge in [-0.1, -0.05) is 32.8 Å². The molecule has 0 heterocycles. The van der Waals surface area contributed by atoms with Crippen LogP contribution < -0.4 is 4.74 Å². The molecule has 22 heavy (non-hydrogen) atoms. The highest BCUT2D eigenvalue weighted by Crippen LogP contribution is 2.15. The molecule has 1 aromatic carbocycles. The number of rotatable bonds is 12. The highest BCUT2D eigenvalue weighted by molar-refractivity contribution is 6.67. The highest BCUT2D eigenvalue weighted by atomic mass is 35.5. The minimum atomic E-state index is -0.448. The van der Waals surface area contributed by atoms with Crippen LogP contribution in [0.3, 0.4) is 0 Å². The molecule has 1 rings (SSSR count). The van der Waals surface area contributed by atoms with Gasteiger partial charge in [-0.2, -0.15) is 0 Å². The zero-order valence-corrected chi connectivity index (χ0v) is 14.6. The molecule has 124 valence electrons. The van der Waals surface area contributed by atoms with E-state index >= 15 is 0 Å². The number of nitrogens with zero attached hydrogens (tertiary/aromatic N) is 1. The first-order valence-corrected chi connectivity index (χ1v) is 8.70. The molecule has 1 aromatic rings. The molecule has 0 spiro atoms. The Kier molecular flexibility index (Phi) is 9.93. The Labute approximate surface area is 139 Å². The fourth-order valence-electron chi connectivity index (χ4n) is 2.29. The Hall–Kier alpha value is -1.06. The quantitative estimate of drug-likeness (QED) is 0.411. The zero-order valence-electron chi connectivity index (χ0n) is 13.8. The van der Waals surface area contributed by atoms with Crippen LogP contribution in [0.1, 0.15) is 56.3 Å². The highest BCUT2D eigenvalue weighted by Gasteiger charge is 2.05. The monoisotopic (exact) mass is 325 g/mol. The Morgan fingerprint density at radius 1 is 1.09 bits per heavy atom. The van der Waals surface area contributed by atoms with Gasteiger partial charge in [0.05, 0.1) is 6.61 Å². The van der Waals surface area contributed by atoms with Crippen LogP contribution in [0.2, 0.25) is 0 Å². The van der Waals surface area contributed by atoms with Crippen molar-refractivity contribution in [3.8, 4) is 5.75 Å². The van der Waals surface area contributed by atoms with Gasteiger partial charge in [0.25, 0.3) is 5.24 Å². The standard InChI is InChI=1S/C18H28ClNO2/c1-3-5-11-20(12-6-4-2)13-8-14-22-17-10-7-9-16(15-17)18(19)21/h7,9-10,15H,3-6,8,11-14H2,1-2H3. The molecule has 0 unspecified atom stereocenters. The molecule has 4 heteroatoms. The number of halogens is 1. The van der Waals surface area contributed by atoms with E-state index in [4.69, 9.17) is 16.3 Å². The maximum atomic E-state index is 11.1. The van der Waals surface area contributed by atoms with Crippen molar-refractivity contribution in [3.63, 3.8) is 0 Å². The van der Waals surface area contributed by atoms with E-state index in [-0.39, 0.29) is 0 Å². The van der Waals surface area contributed by atoms with E-state index in [9.17, 15) is 4.79 Å². The molecule has 0 atom stereocenters. The zero-order chi connectivity index (χ0) is 16.2. The summed E-state index contributed by atoms with van der Waals surface area (Å²) in [6.45, 7) is 8.53. The second-order valence-corrected chi connectivity index (χ2v) is 5.90. The third kappa shape index (κ3) is 7.81. The largest absolute Gasteiger partial charge is 0.494 e. The third-order valence-electron chi connectivity index (χ3n) is 3.60. The van der Waals surface area contributed by atoms with Gasteiger partial charge in [-0.3, -0.25) is 4.79 Å². The molecule has 0 aromatic heterocycles. The molecule has 0 saturated heterocycles. The van der Waals surface area contributed by atoms with Gasteiger partial charge in [-0.15, -0.1) is 0 Å². The van der Waals surface area contributed by atoms with Gasteiger partial charge in [0.1, 0.15) is 5.75 Å². The lowest BCUT2D eigenvalue weighted by Gasteiger charge is -2.21. The molecule has 0 saturated carbocycles. The smallest absolute Gasteiger partial charge is 0.252 e. The molecule has 3 nitrogen and oxygen atoms in total. The van der Waals surface area contributed by atoms with Crippen molar-refractivity contribution >= 4 is 16.8 Å². The second kappa shape index (κ2) is 11.5. The molecular formula is C18H28ClNO2. The molecule has 0 bridgehead atoms. The van der Waals surface area contributed by atoms with Crippen LogP contribution >= 0.6 is 11.6 Å². The van der Waals surface area contributed by atoms with Gasteiger partial charge in [0, 0.05) is 12.1 Å². The summed E-state index contributed by atoms with van der Waals surface area (Å²) in [7, 11) is 0. The van der Waals surface area contributed by atoms with Crippen molar-refractivity contribution in [2.75, 3.05) is 26.2 Å². The molecular weight excluding hydrogens is 298 g/mol. The van der Waals surface area contributed by atoms with Crippen LogP contribution in [-0.4, -0.2) is 36.4 Å². The number of carbonyl (C=O) groups excluding carboxylic acids is 1. The van der Waals surface area contributed by atoms with E-state index in [1.807, 2.05) is 6.07 Å². The van der Waals surface area contributed by atoms with Crippen molar-refractivity contribution < 1.29 is 9.53 Å². The van der Waals surface area contributed by atoms with Gasteiger partial charge in [0.15, 0.2) is 0 Å². The van der Waals surface area contributed by atoms with Crippen LogP contribution in [0.15, 0.2) is 24.3 Å².